The van der Waals surface area contributed by atoms with Gasteiger partial charge in [0.1, 0.15) is 0 Å². The van der Waals surface area contributed by atoms with E-state index in [2.05, 4.69) is 20.8 Å². The number of aryl methyl sites for hydroxylation is 2. The molecule has 25 heavy (non-hydrogen) atoms. The van der Waals surface area contributed by atoms with Crippen LogP contribution in [0.3, 0.4) is 0 Å². The fraction of sp³-hybridized carbons (Fsp3) is 0.611. The first-order chi connectivity index (χ1) is 11.5. The summed E-state index contributed by atoms with van der Waals surface area (Å²) in [6.07, 6.45) is 0. The molecule has 140 valence electrons. The van der Waals surface area contributed by atoms with Crippen molar-refractivity contribution in [3.63, 3.8) is 0 Å². The van der Waals surface area contributed by atoms with Crippen LogP contribution in [0, 0.1) is 13.8 Å². The SMILES string of the molecule is Cc1cc(C(C)(C)C)cc(C)c1S(=O)(=O)N1CCN(C(=O)CN)CC1. The molecule has 0 atom stereocenters. The number of nitrogens with zero attached hydrogens (tertiary/aromatic N) is 2. The molecule has 2 N–H and O–H groups in total. The van der Waals surface area contributed by atoms with Gasteiger partial charge in [0.2, 0.25) is 15.9 Å². The van der Waals surface area contributed by atoms with Crippen molar-refractivity contribution in [1.82, 2.24) is 9.21 Å². The van der Waals surface area contributed by atoms with Gasteiger partial charge in [0.05, 0.1) is 11.4 Å². The number of piperazine rings is 1. The van der Waals surface area contributed by atoms with E-state index in [4.69, 9.17) is 5.73 Å². The minimum absolute atomic E-state index is 0.0357. The standard InChI is InChI=1S/C18H29N3O3S/c1-13-10-15(18(3,4)5)11-14(2)17(13)25(23,24)21-8-6-20(7-9-21)16(22)12-19/h10-11H,6-9,12,19H2,1-5H3. The monoisotopic (exact) mass is 367 g/mol. The van der Waals surface area contributed by atoms with E-state index in [0.717, 1.165) is 16.7 Å². The normalized spacial score (nSPS) is 17.0. The van der Waals surface area contributed by atoms with Crippen molar-refractivity contribution in [2.24, 2.45) is 5.73 Å². The van der Waals surface area contributed by atoms with Gasteiger partial charge in [0.25, 0.3) is 0 Å². The zero-order valence-electron chi connectivity index (χ0n) is 15.8. The molecule has 0 aromatic heterocycles. The fourth-order valence-electron chi connectivity index (χ4n) is 3.23. The molecule has 1 saturated heterocycles. The average molecular weight is 368 g/mol. The highest BCUT2D eigenvalue weighted by molar-refractivity contribution is 7.89. The number of hydrogen-bond acceptors (Lipinski definition) is 4. The third-order valence-electron chi connectivity index (χ3n) is 4.69. The summed E-state index contributed by atoms with van der Waals surface area (Å²) in [6, 6.07) is 3.93. The van der Waals surface area contributed by atoms with Gasteiger partial charge in [-0.2, -0.15) is 4.31 Å². The minimum Gasteiger partial charge on any atom is -0.339 e. The molecule has 0 radical (unpaired) electrons. The predicted octanol–water partition coefficient (Wildman–Crippen LogP) is 1.39. The van der Waals surface area contributed by atoms with Crippen molar-refractivity contribution >= 4 is 15.9 Å². The van der Waals surface area contributed by atoms with E-state index in [1.54, 1.807) is 4.90 Å². The summed E-state index contributed by atoms with van der Waals surface area (Å²) in [5.41, 5.74) is 8.01. The number of carbonyl (C=O) groups is 1. The second-order valence-corrected chi connectivity index (χ2v) is 9.55. The number of rotatable bonds is 3. The quantitative estimate of drug-likeness (QED) is 0.875. The summed E-state index contributed by atoms with van der Waals surface area (Å²) in [5, 5.41) is 0. The lowest BCUT2D eigenvalue weighted by Crippen LogP contribution is -2.51. The Morgan fingerprint density at radius 3 is 1.96 bits per heavy atom. The maximum Gasteiger partial charge on any atom is 0.243 e. The topological polar surface area (TPSA) is 83.7 Å². The van der Waals surface area contributed by atoms with Crippen LogP contribution in [0.1, 0.15) is 37.5 Å². The van der Waals surface area contributed by atoms with Crippen LogP contribution in [0.4, 0.5) is 0 Å². The van der Waals surface area contributed by atoms with Crippen molar-refractivity contribution in [3.8, 4) is 0 Å². The molecule has 1 aromatic carbocycles. The molecule has 1 fully saturated rings. The molecular formula is C18H29N3O3S. The van der Waals surface area contributed by atoms with E-state index in [-0.39, 0.29) is 17.9 Å². The highest BCUT2D eigenvalue weighted by Gasteiger charge is 2.32. The zero-order chi connectivity index (χ0) is 19.0. The van der Waals surface area contributed by atoms with Crippen molar-refractivity contribution in [1.29, 1.82) is 0 Å². The molecule has 0 unspecified atom stereocenters. The Bertz CT molecular complexity index is 735. The Hall–Kier alpha value is -1.44. The smallest absolute Gasteiger partial charge is 0.243 e. The van der Waals surface area contributed by atoms with Crippen molar-refractivity contribution < 1.29 is 13.2 Å². The molecule has 0 spiro atoms. The van der Waals surface area contributed by atoms with Gasteiger partial charge in [-0.15, -0.1) is 0 Å². The Kier molecular flexibility index (Phi) is 5.61. The van der Waals surface area contributed by atoms with Crippen LogP contribution in [0.2, 0.25) is 0 Å². The average Bonchev–Trinajstić information content (AvgIpc) is 2.52. The van der Waals surface area contributed by atoms with Crippen molar-refractivity contribution in [3.05, 3.63) is 28.8 Å². The van der Waals surface area contributed by atoms with Gasteiger partial charge >= 0.3 is 0 Å². The lowest BCUT2D eigenvalue weighted by molar-refractivity contribution is -0.130. The van der Waals surface area contributed by atoms with Gasteiger partial charge in [-0.05, 0) is 36.0 Å². The van der Waals surface area contributed by atoms with E-state index < -0.39 is 10.0 Å². The molecule has 6 nitrogen and oxygen atoms in total. The second kappa shape index (κ2) is 7.05. The van der Waals surface area contributed by atoms with Gasteiger partial charge in [0, 0.05) is 26.2 Å². The Balaban J connectivity index is 2.31. The minimum atomic E-state index is -3.58. The van der Waals surface area contributed by atoms with E-state index in [0.29, 0.717) is 31.1 Å². The molecule has 0 aliphatic carbocycles. The van der Waals surface area contributed by atoms with Gasteiger partial charge in [0.15, 0.2) is 0 Å². The van der Waals surface area contributed by atoms with Crippen LogP contribution in [0.5, 0.6) is 0 Å². The predicted molar refractivity (Wildman–Crippen MR) is 99.0 cm³/mol. The lowest BCUT2D eigenvalue weighted by Gasteiger charge is -2.34. The molecule has 1 aliphatic rings. The Labute approximate surface area is 151 Å². The summed E-state index contributed by atoms with van der Waals surface area (Å²) in [7, 11) is -3.58. The highest BCUT2D eigenvalue weighted by atomic mass is 32.2. The fourth-order valence-corrected chi connectivity index (χ4v) is 5.06. The number of carbonyl (C=O) groups excluding carboxylic acids is 1. The molecular weight excluding hydrogens is 338 g/mol. The first kappa shape index (κ1) is 19.9. The molecule has 0 saturated carbocycles. The molecule has 1 heterocycles. The van der Waals surface area contributed by atoms with Crippen LogP contribution >= 0.6 is 0 Å². The van der Waals surface area contributed by atoms with Crippen LogP contribution in [0.25, 0.3) is 0 Å². The van der Waals surface area contributed by atoms with Crippen LogP contribution in [-0.4, -0.2) is 56.3 Å². The van der Waals surface area contributed by atoms with Crippen LogP contribution in [0.15, 0.2) is 17.0 Å². The summed E-state index contributed by atoms with van der Waals surface area (Å²) in [4.78, 5) is 13.7. The van der Waals surface area contributed by atoms with E-state index in [9.17, 15) is 13.2 Å². The highest BCUT2D eigenvalue weighted by Crippen LogP contribution is 2.31. The second-order valence-electron chi connectivity index (χ2n) is 7.68. The molecule has 0 bridgehead atoms. The van der Waals surface area contributed by atoms with Gasteiger partial charge < -0.3 is 10.6 Å². The third kappa shape index (κ3) is 4.04. The summed E-state index contributed by atoms with van der Waals surface area (Å²) >= 11 is 0. The number of benzene rings is 1. The largest absolute Gasteiger partial charge is 0.339 e. The van der Waals surface area contributed by atoms with Crippen LogP contribution in [-0.2, 0) is 20.2 Å². The summed E-state index contributed by atoms with van der Waals surface area (Å²) in [5.74, 6) is -0.140. The maximum absolute atomic E-state index is 13.1. The number of hydrogen-bond donors (Lipinski definition) is 1. The zero-order valence-corrected chi connectivity index (χ0v) is 16.6. The van der Waals surface area contributed by atoms with E-state index in [1.165, 1.54) is 4.31 Å². The number of sulfonamides is 1. The Morgan fingerprint density at radius 2 is 1.56 bits per heavy atom. The molecule has 7 heteroatoms. The van der Waals surface area contributed by atoms with Gasteiger partial charge in [-0.3, -0.25) is 4.79 Å². The van der Waals surface area contributed by atoms with Gasteiger partial charge in [-0.25, -0.2) is 8.42 Å². The number of amides is 1. The first-order valence-corrected chi connectivity index (χ1v) is 10.0. The third-order valence-corrected chi connectivity index (χ3v) is 6.90. The first-order valence-electron chi connectivity index (χ1n) is 8.58. The lowest BCUT2D eigenvalue weighted by atomic mass is 9.85. The summed E-state index contributed by atoms with van der Waals surface area (Å²) < 4.78 is 27.7. The van der Waals surface area contributed by atoms with Gasteiger partial charge in [-0.1, -0.05) is 32.9 Å². The van der Waals surface area contributed by atoms with Crippen LogP contribution < -0.4 is 5.73 Å². The molecule has 1 aliphatic heterocycles. The van der Waals surface area contributed by atoms with Crippen molar-refractivity contribution in [2.75, 3.05) is 32.7 Å². The Morgan fingerprint density at radius 1 is 1.08 bits per heavy atom. The van der Waals surface area contributed by atoms with E-state index >= 15 is 0 Å². The maximum atomic E-state index is 13.1. The van der Waals surface area contributed by atoms with Crippen molar-refractivity contribution in [2.45, 2.75) is 44.9 Å². The molecule has 2 rings (SSSR count). The summed E-state index contributed by atoms with van der Waals surface area (Å²) in [6.45, 7) is 11.4. The molecule has 1 aromatic rings. The molecule has 1 amide bonds. The van der Waals surface area contributed by atoms with E-state index in [1.807, 2.05) is 26.0 Å². The number of nitrogens with two attached hydrogens (primary N) is 1.